The zero-order valence-electron chi connectivity index (χ0n) is 18.4. The van der Waals surface area contributed by atoms with E-state index in [2.05, 4.69) is 0 Å². The topological polar surface area (TPSA) is 96.1 Å². The summed E-state index contributed by atoms with van der Waals surface area (Å²) >= 11 is 0. The maximum Gasteiger partial charge on any atom is 0.417 e. The third-order valence-corrected chi connectivity index (χ3v) is 4.94. The number of halogens is 3. The Labute approximate surface area is 179 Å². The van der Waals surface area contributed by atoms with Gasteiger partial charge in [-0.15, -0.1) is 0 Å². The van der Waals surface area contributed by atoms with Crippen LogP contribution >= 0.6 is 0 Å². The van der Waals surface area contributed by atoms with E-state index < -0.39 is 52.7 Å². The van der Waals surface area contributed by atoms with E-state index in [1.165, 1.54) is 9.80 Å². The van der Waals surface area contributed by atoms with Gasteiger partial charge < -0.3 is 25.4 Å². The van der Waals surface area contributed by atoms with Crippen LogP contribution in [0, 0.1) is 0 Å². The van der Waals surface area contributed by atoms with Crippen molar-refractivity contribution in [3.05, 3.63) is 23.3 Å². The minimum absolute atomic E-state index is 0.147. The summed E-state index contributed by atoms with van der Waals surface area (Å²) in [5, 5.41) is 9.65. The number of phenolic OH excluding ortho intramolecular Hbond substituents is 1. The molecule has 2 amide bonds. The van der Waals surface area contributed by atoms with Crippen LogP contribution in [-0.4, -0.2) is 57.7 Å². The molecule has 7 nitrogen and oxygen atoms in total. The molecule has 0 radical (unpaired) electrons. The van der Waals surface area contributed by atoms with E-state index in [1.54, 1.807) is 34.6 Å². The highest BCUT2D eigenvalue weighted by Crippen LogP contribution is 2.38. The molecule has 0 bridgehead atoms. The first-order valence-electron chi connectivity index (χ1n) is 10.1. The number of nitrogen functional groups attached to an aromatic ring is 1. The van der Waals surface area contributed by atoms with Crippen molar-refractivity contribution < 1.29 is 32.6 Å². The summed E-state index contributed by atoms with van der Waals surface area (Å²) in [5.74, 6) is -1.60. The van der Waals surface area contributed by atoms with Gasteiger partial charge in [0.15, 0.2) is 0 Å². The fraction of sp³-hybridized carbons (Fsp3) is 0.619. The molecule has 0 unspecified atom stereocenters. The SMILES string of the molecule is CC(C)N(C(=O)c1cc(N)c(O)cc1C(F)(F)F)[C@@H]1CCCN(C(=O)OC(C)(C)C)C1. The standard InChI is InChI=1S/C21H30F3N3O4/c1-12(2)27(13-7-6-8-26(11-13)19(30)31-20(3,4)5)18(29)14-9-16(25)17(28)10-15(14)21(22,23)24/h9-10,12-13,28H,6-8,11,25H2,1-5H3/t13-/m1/s1. The lowest BCUT2D eigenvalue weighted by Crippen LogP contribution is -2.54. The number of piperidine rings is 1. The molecule has 0 saturated carbocycles. The number of aromatic hydroxyl groups is 1. The molecule has 0 spiro atoms. The molecule has 0 aliphatic carbocycles. The van der Waals surface area contributed by atoms with Crippen molar-refractivity contribution in [3.63, 3.8) is 0 Å². The molecule has 1 fully saturated rings. The van der Waals surface area contributed by atoms with Gasteiger partial charge in [0.05, 0.1) is 22.9 Å². The molecule has 1 aromatic rings. The second-order valence-electron chi connectivity index (χ2n) is 8.98. The van der Waals surface area contributed by atoms with E-state index in [0.717, 1.165) is 6.07 Å². The number of rotatable bonds is 3. The van der Waals surface area contributed by atoms with Crippen LogP contribution in [0.3, 0.4) is 0 Å². The number of likely N-dealkylation sites (tertiary alicyclic amines) is 1. The number of benzene rings is 1. The molecule has 1 aliphatic rings. The van der Waals surface area contributed by atoms with Crippen molar-refractivity contribution in [1.29, 1.82) is 0 Å². The lowest BCUT2D eigenvalue weighted by atomic mass is 9.98. The Morgan fingerprint density at radius 1 is 1.26 bits per heavy atom. The summed E-state index contributed by atoms with van der Waals surface area (Å²) in [7, 11) is 0. The number of amides is 2. The molecule has 1 heterocycles. The summed E-state index contributed by atoms with van der Waals surface area (Å²) in [4.78, 5) is 28.6. The summed E-state index contributed by atoms with van der Waals surface area (Å²) in [6, 6.07) is 0.385. The molecule has 1 aromatic carbocycles. The summed E-state index contributed by atoms with van der Waals surface area (Å²) in [5.41, 5.74) is 2.69. The summed E-state index contributed by atoms with van der Waals surface area (Å²) in [6.45, 7) is 9.19. The van der Waals surface area contributed by atoms with Gasteiger partial charge in [-0.2, -0.15) is 13.2 Å². The van der Waals surface area contributed by atoms with Crippen molar-refractivity contribution in [2.75, 3.05) is 18.8 Å². The van der Waals surface area contributed by atoms with E-state index in [0.29, 0.717) is 25.5 Å². The first kappa shape index (κ1) is 24.6. The summed E-state index contributed by atoms with van der Waals surface area (Å²) in [6.07, 6.45) is -4.28. The molecule has 2 rings (SSSR count). The lowest BCUT2D eigenvalue weighted by Gasteiger charge is -2.41. The molecule has 3 N–H and O–H groups in total. The number of alkyl halides is 3. The Bertz CT molecular complexity index is 834. The van der Waals surface area contributed by atoms with E-state index in [4.69, 9.17) is 10.5 Å². The lowest BCUT2D eigenvalue weighted by molar-refractivity contribution is -0.138. The van der Waals surface area contributed by atoms with Crippen molar-refractivity contribution in [2.24, 2.45) is 0 Å². The van der Waals surface area contributed by atoms with Gasteiger partial charge in [-0.05, 0) is 59.6 Å². The predicted molar refractivity (Wildman–Crippen MR) is 110 cm³/mol. The van der Waals surface area contributed by atoms with Gasteiger partial charge in [0.1, 0.15) is 11.4 Å². The number of ether oxygens (including phenoxy) is 1. The van der Waals surface area contributed by atoms with Crippen LogP contribution in [0.1, 0.15) is 63.4 Å². The van der Waals surface area contributed by atoms with Crippen LogP contribution in [0.4, 0.5) is 23.7 Å². The van der Waals surface area contributed by atoms with E-state index in [9.17, 15) is 27.9 Å². The van der Waals surface area contributed by atoms with Crippen LogP contribution in [0.25, 0.3) is 0 Å². The highest BCUT2D eigenvalue weighted by molar-refractivity contribution is 5.97. The normalized spacial score (nSPS) is 17.6. The highest BCUT2D eigenvalue weighted by Gasteiger charge is 2.40. The highest BCUT2D eigenvalue weighted by atomic mass is 19.4. The number of nitrogens with zero attached hydrogens (tertiary/aromatic N) is 2. The Balaban J connectivity index is 2.37. The minimum atomic E-state index is -4.85. The second-order valence-corrected chi connectivity index (χ2v) is 8.98. The van der Waals surface area contributed by atoms with Gasteiger partial charge in [-0.25, -0.2) is 4.79 Å². The molecule has 1 saturated heterocycles. The number of hydrogen-bond donors (Lipinski definition) is 2. The van der Waals surface area contributed by atoms with Crippen LogP contribution in [0.2, 0.25) is 0 Å². The Morgan fingerprint density at radius 2 is 1.87 bits per heavy atom. The first-order valence-corrected chi connectivity index (χ1v) is 10.1. The average molecular weight is 445 g/mol. The smallest absolute Gasteiger partial charge is 0.417 e. The Hall–Kier alpha value is -2.65. The zero-order valence-corrected chi connectivity index (χ0v) is 18.4. The monoisotopic (exact) mass is 445 g/mol. The maximum absolute atomic E-state index is 13.6. The molecular formula is C21H30F3N3O4. The molecule has 1 atom stereocenters. The Morgan fingerprint density at radius 3 is 2.39 bits per heavy atom. The van der Waals surface area contributed by atoms with Crippen LogP contribution < -0.4 is 5.73 Å². The third kappa shape index (κ3) is 5.95. The van der Waals surface area contributed by atoms with Crippen LogP contribution in [0.15, 0.2) is 12.1 Å². The van der Waals surface area contributed by atoms with E-state index in [-0.39, 0.29) is 12.2 Å². The third-order valence-electron chi connectivity index (χ3n) is 4.94. The molecule has 10 heteroatoms. The minimum Gasteiger partial charge on any atom is -0.506 e. The quantitative estimate of drug-likeness (QED) is 0.536. The molecule has 31 heavy (non-hydrogen) atoms. The zero-order chi connectivity index (χ0) is 23.7. The fourth-order valence-corrected chi connectivity index (χ4v) is 3.65. The van der Waals surface area contributed by atoms with Gasteiger partial charge in [0.25, 0.3) is 5.91 Å². The fourth-order valence-electron chi connectivity index (χ4n) is 3.65. The van der Waals surface area contributed by atoms with Crippen LogP contribution in [-0.2, 0) is 10.9 Å². The largest absolute Gasteiger partial charge is 0.506 e. The molecule has 174 valence electrons. The van der Waals surface area contributed by atoms with Crippen molar-refractivity contribution in [1.82, 2.24) is 9.80 Å². The van der Waals surface area contributed by atoms with Crippen molar-refractivity contribution >= 4 is 17.7 Å². The number of phenols is 1. The number of hydrogen-bond acceptors (Lipinski definition) is 5. The van der Waals surface area contributed by atoms with Gasteiger partial charge in [-0.1, -0.05) is 0 Å². The number of carbonyl (C=O) groups excluding carboxylic acids is 2. The number of carbonyl (C=O) groups is 2. The van der Waals surface area contributed by atoms with Gasteiger partial charge >= 0.3 is 12.3 Å². The summed E-state index contributed by atoms with van der Waals surface area (Å²) < 4.78 is 46.1. The number of anilines is 1. The predicted octanol–water partition coefficient (Wildman–Crippen LogP) is 4.24. The molecule has 0 aromatic heterocycles. The first-order chi connectivity index (χ1) is 14.1. The maximum atomic E-state index is 13.6. The molecular weight excluding hydrogens is 415 g/mol. The second kappa shape index (κ2) is 8.84. The van der Waals surface area contributed by atoms with Gasteiger partial charge in [0, 0.05) is 19.1 Å². The van der Waals surface area contributed by atoms with Gasteiger partial charge in [0.2, 0.25) is 0 Å². The Kier molecular flexibility index (Phi) is 7.02. The average Bonchev–Trinajstić information content (AvgIpc) is 2.61. The van der Waals surface area contributed by atoms with E-state index in [1.807, 2.05) is 0 Å². The molecule has 1 aliphatic heterocycles. The van der Waals surface area contributed by atoms with Crippen molar-refractivity contribution in [2.45, 2.75) is 71.3 Å². The van der Waals surface area contributed by atoms with E-state index >= 15 is 0 Å². The van der Waals surface area contributed by atoms with Gasteiger partial charge in [-0.3, -0.25) is 4.79 Å². The van der Waals surface area contributed by atoms with Crippen LogP contribution in [0.5, 0.6) is 5.75 Å². The number of nitrogens with two attached hydrogens (primary N) is 1. The van der Waals surface area contributed by atoms with Crippen molar-refractivity contribution in [3.8, 4) is 5.75 Å².